The Bertz CT molecular complexity index is 260. The molecule has 0 unspecified atom stereocenters. The fourth-order valence-electron chi connectivity index (χ4n) is 0.962. The highest BCUT2D eigenvalue weighted by molar-refractivity contribution is 5.35. The van der Waals surface area contributed by atoms with E-state index in [9.17, 15) is 4.39 Å². The van der Waals surface area contributed by atoms with Gasteiger partial charge in [-0.3, -0.25) is 0 Å². The first kappa shape index (κ1) is 7.80. The molecule has 1 rings (SSSR count). The monoisotopic (exact) mass is 153 g/mol. The first-order valence-corrected chi connectivity index (χ1v) is 3.31. The molecule has 0 spiro atoms. The smallest absolute Gasteiger partial charge is 0.135 e. The third-order valence-corrected chi connectivity index (χ3v) is 1.55. The molecular formula is C8H8FNO. The Morgan fingerprint density at radius 2 is 2.36 bits per heavy atom. The molecule has 0 N–H and O–H groups in total. The summed E-state index contributed by atoms with van der Waals surface area (Å²) in [5.74, 6) is 0.136. The third kappa shape index (κ3) is 1.58. The molecule has 0 saturated carbocycles. The topological polar surface area (TPSA) is 33.0 Å². The van der Waals surface area contributed by atoms with Crippen LogP contribution in [0.3, 0.4) is 0 Å². The summed E-state index contributed by atoms with van der Waals surface area (Å²) in [6, 6.07) is 1.97. The fourth-order valence-corrected chi connectivity index (χ4v) is 0.962. The molecule has 0 fully saturated rings. The van der Waals surface area contributed by atoms with Gasteiger partial charge in [-0.15, -0.1) is 0 Å². The number of allylic oxidation sites excluding steroid dienone is 3. The summed E-state index contributed by atoms with van der Waals surface area (Å²) in [6.45, 7) is 0. The summed E-state index contributed by atoms with van der Waals surface area (Å²) in [6.07, 6.45) is 2.03. The van der Waals surface area contributed by atoms with Crippen LogP contribution in [0.2, 0.25) is 0 Å². The van der Waals surface area contributed by atoms with Gasteiger partial charge in [0.1, 0.15) is 11.6 Å². The molecule has 0 radical (unpaired) electrons. The molecule has 0 aromatic carbocycles. The van der Waals surface area contributed by atoms with Gasteiger partial charge < -0.3 is 4.74 Å². The van der Waals surface area contributed by atoms with Crippen LogP contribution in [0.15, 0.2) is 23.2 Å². The second-order valence-corrected chi connectivity index (χ2v) is 2.25. The minimum atomic E-state index is -0.221. The molecule has 3 heteroatoms. The number of ether oxygens (including phenoxy) is 1. The van der Waals surface area contributed by atoms with E-state index in [1.165, 1.54) is 13.2 Å². The van der Waals surface area contributed by atoms with Gasteiger partial charge in [0.05, 0.1) is 18.8 Å². The highest BCUT2D eigenvalue weighted by Gasteiger charge is 2.12. The highest BCUT2D eigenvalue weighted by atomic mass is 19.1. The summed E-state index contributed by atoms with van der Waals surface area (Å²) in [5.41, 5.74) is 0.522. The van der Waals surface area contributed by atoms with Crippen molar-refractivity contribution in [3.05, 3.63) is 23.2 Å². The lowest BCUT2D eigenvalue weighted by atomic mass is 10.0. The summed E-state index contributed by atoms with van der Waals surface area (Å²) in [7, 11) is 1.43. The van der Waals surface area contributed by atoms with Crippen LogP contribution in [0.1, 0.15) is 12.8 Å². The maximum absolute atomic E-state index is 12.6. The van der Waals surface area contributed by atoms with Crippen molar-refractivity contribution in [1.29, 1.82) is 5.26 Å². The van der Waals surface area contributed by atoms with Gasteiger partial charge in [0.2, 0.25) is 0 Å². The van der Waals surface area contributed by atoms with E-state index in [4.69, 9.17) is 10.00 Å². The van der Waals surface area contributed by atoms with Gasteiger partial charge in [-0.25, -0.2) is 4.39 Å². The van der Waals surface area contributed by atoms with E-state index in [0.29, 0.717) is 24.2 Å². The molecule has 0 atom stereocenters. The van der Waals surface area contributed by atoms with E-state index >= 15 is 0 Å². The van der Waals surface area contributed by atoms with Crippen molar-refractivity contribution in [3.8, 4) is 6.07 Å². The van der Waals surface area contributed by atoms with Gasteiger partial charge in [-0.05, 0) is 6.42 Å². The number of halogens is 1. The van der Waals surface area contributed by atoms with Crippen molar-refractivity contribution in [1.82, 2.24) is 0 Å². The fraction of sp³-hybridized carbons (Fsp3) is 0.375. The maximum atomic E-state index is 12.6. The lowest BCUT2D eigenvalue weighted by molar-refractivity contribution is 0.297. The van der Waals surface area contributed by atoms with E-state index in [2.05, 4.69) is 0 Å². The molecule has 11 heavy (non-hydrogen) atoms. The van der Waals surface area contributed by atoms with E-state index in [0.717, 1.165) is 0 Å². The normalized spacial score (nSPS) is 17.4. The third-order valence-electron chi connectivity index (χ3n) is 1.55. The summed E-state index contributed by atoms with van der Waals surface area (Å²) < 4.78 is 17.4. The van der Waals surface area contributed by atoms with Gasteiger partial charge in [0.15, 0.2) is 0 Å². The van der Waals surface area contributed by atoms with Crippen LogP contribution in [0, 0.1) is 11.3 Å². The average Bonchev–Trinajstić information content (AvgIpc) is 2.04. The Balaban J connectivity index is 2.95. The molecule has 0 aliphatic heterocycles. The second kappa shape index (κ2) is 3.20. The van der Waals surface area contributed by atoms with Crippen LogP contribution >= 0.6 is 0 Å². The minimum absolute atomic E-state index is 0.221. The zero-order valence-corrected chi connectivity index (χ0v) is 6.22. The van der Waals surface area contributed by atoms with Crippen LogP contribution in [0.4, 0.5) is 4.39 Å². The van der Waals surface area contributed by atoms with Gasteiger partial charge in [-0.2, -0.15) is 5.26 Å². The standard InChI is InChI=1S/C8H8FNO/c1-11-8-4-7(9)3-2-6(8)5-10/h4H,2-3H2,1H3. The average molecular weight is 153 g/mol. The van der Waals surface area contributed by atoms with Crippen molar-refractivity contribution in [2.24, 2.45) is 0 Å². The maximum Gasteiger partial charge on any atom is 0.135 e. The molecule has 0 bridgehead atoms. The van der Waals surface area contributed by atoms with E-state index in [-0.39, 0.29) is 5.83 Å². The Morgan fingerprint density at radius 3 is 2.91 bits per heavy atom. The van der Waals surface area contributed by atoms with Gasteiger partial charge >= 0.3 is 0 Å². The van der Waals surface area contributed by atoms with Gasteiger partial charge in [-0.1, -0.05) is 0 Å². The molecule has 1 aliphatic carbocycles. The molecule has 58 valence electrons. The van der Waals surface area contributed by atoms with Crippen LogP contribution in [-0.2, 0) is 4.74 Å². The lowest BCUT2D eigenvalue weighted by Gasteiger charge is -2.09. The predicted molar refractivity (Wildman–Crippen MR) is 38.1 cm³/mol. The van der Waals surface area contributed by atoms with E-state index < -0.39 is 0 Å². The zero-order valence-electron chi connectivity index (χ0n) is 6.22. The van der Waals surface area contributed by atoms with E-state index in [1.54, 1.807) is 0 Å². The molecule has 0 heterocycles. The number of methoxy groups -OCH3 is 1. The molecule has 0 aromatic rings. The number of hydrogen-bond acceptors (Lipinski definition) is 2. The number of hydrogen-bond donors (Lipinski definition) is 0. The van der Waals surface area contributed by atoms with Gasteiger partial charge in [0, 0.05) is 12.5 Å². The first-order valence-electron chi connectivity index (χ1n) is 3.31. The van der Waals surface area contributed by atoms with Crippen molar-refractivity contribution in [3.63, 3.8) is 0 Å². The van der Waals surface area contributed by atoms with Crippen molar-refractivity contribution in [2.45, 2.75) is 12.8 Å². The van der Waals surface area contributed by atoms with Crippen LogP contribution in [-0.4, -0.2) is 7.11 Å². The largest absolute Gasteiger partial charge is 0.496 e. The Hall–Kier alpha value is -1.30. The SMILES string of the molecule is COC1=C(C#N)CCC(F)=C1. The van der Waals surface area contributed by atoms with Crippen LogP contribution in [0.5, 0.6) is 0 Å². The van der Waals surface area contributed by atoms with Crippen molar-refractivity contribution < 1.29 is 9.13 Å². The second-order valence-electron chi connectivity index (χ2n) is 2.25. The zero-order chi connectivity index (χ0) is 8.27. The highest BCUT2D eigenvalue weighted by Crippen LogP contribution is 2.24. The number of nitrogens with zero attached hydrogens (tertiary/aromatic N) is 1. The molecule has 0 saturated heterocycles. The Labute approximate surface area is 64.6 Å². The Morgan fingerprint density at radius 1 is 1.64 bits per heavy atom. The first-order chi connectivity index (χ1) is 5.27. The Kier molecular flexibility index (Phi) is 2.27. The molecule has 1 aliphatic rings. The van der Waals surface area contributed by atoms with E-state index in [1.807, 2.05) is 6.07 Å². The lowest BCUT2D eigenvalue weighted by Crippen LogP contribution is -1.97. The molecule has 0 amide bonds. The van der Waals surface area contributed by atoms with Crippen molar-refractivity contribution in [2.75, 3.05) is 7.11 Å². The molecular weight excluding hydrogens is 145 g/mol. The van der Waals surface area contributed by atoms with Gasteiger partial charge in [0.25, 0.3) is 0 Å². The number of nitriles is 1. The van der Waals surface area contributed by atoms with Crippen LogP contribution in [0.25, 0.3) is 0 Å². The summed E-state index contributed by atoms with van der Waals surface area (Å²) in [5, 5.41) is 8.54. The molecule has 0 aromatic heterocycles. The van der Waals surface area contributed by atoms with Crippen molar-refractivity contribution >= 4 is 0 Å². The summed E-state index contributed by atoms with van der Waals surface area (Å²) in [4.78, 5) is 0. The summed E-state index contributed by atoms with van der Waals surface area (Å²) >= 11 is 0. The van der Waals surface area contributed by atoms with Crippen LogP contribution < -0.4 is 0 Å². The number of rotatable bonds is 1. The predicted octanol–water partition coefficient (Wildman–Crippen LogP) is 2.06. The molecule has 2 nitrogen and oxygen atoms in total. The minimum Gasteiger partial charge on any atom is -0.496 e. The quantitative estimate of drug-likeness (QED) is 0.577.